The number of furan rings is 2. The van der Waals surface area contributed by atoms with Gasteiger partial charge >= 0.3 is 0 Å². The molecule has 0 aliphatic heterocycles. The van der Waals surface area contributed by atoms with Crippen molar-refractivity contribution in [1.82, 2.24) is 0 Å². The van der Waals surface area contributed by atoms with Gasteiger partial charge in [-0.3, -0.25) is 0 Å². The predicted octanol–water partition coefficient (Wildman–Crippen LogP) is 4.97. The molecule has 0 amide bonds. The minimum atomic E-state index is 0.963. The average molecular weight is 246 g/mol. The fourth-order valence-electron chi connectivity index (χ4n) is 1.77. The van der Waals surface area contributed by atoms with Gasteiger partial charge in [-0.15, -0.1) is 22.7 Å². The zero-order chi connectivity index (χ0) is 10.5. The van der Waals surface area contributed by atoms with Crippen LogP contribution in [0, 0.1) is 0 Å². The van der Waals surface area contributed by atoms with E-state index in [-0.39, 0.29) is 0 Å². The largest absolute Gasteiger partial charge is 0.463 e. The van der Waals surface area contributed by atoms with Crippen molar-refractivity contribution in [2.75, 3.05) is 0 Å². The number of hydrogen-bond acceptors (Lipinski definition) is 4. The summed E-state index contributed by atoms with van der Waals surface area (Å²) in [5.41, 5.74) is 1.93. The van der Waals surface area contributed by atoms with Gasteiger partial charge in [0.15, 0.2) is 0 Å². The first-order valence-electron chi connectivity index (χ1n) is 4.84. The van der Waals surface area contributed by atoms with Crippen LogP contribution in [-0.4, -0.2) is 0 Å². The van der Waals surface area contributed by atoms with Gasteiger partial charge in [-0.1, -0.05) is 0 Å². The molecule has 0 aliphatic rings. The third-order valence-electron chi connectivity index (χ3n) is 2.52. The first-order chi connectivity index (χ1) is 7.90. The highest BCUT2D eigenvalue weighted by atomic mass is 32.1. The van der Waals surface area contributed by atoms with E-state index >= 15 is 0 Å². The number of hydrogen-bond donors (Lipinski definition) is 0. The van der Waals surface area contributed by atoms with Crippen molar-refractivity contribution in [1.29, 1.82) is 0 Å². The van der Waals surface area contributed by atoms with Crippen LogP contribution in [0.3, 0.4) is 0 Å². The Bertz CT molecular complexity index is 645. The van der Waals surface area contributed by atoms with E-state index in [1.54, 1.807) is 35.2 Å². The van der Waals surface area contributed by atoms with Crippen LogP contribution >= 0.6 is 22.7 Å². The minimum Gasteiger partial charge on any atom is -0.463 e. The van der Waals surface area contributed by atoms with Crippen LogP contribution in [0.4, 0.5) is 0 Å². The molecule has 2 nitrogen and oxygen atoms in total. The SMILES string of the molecule is c1cc2sc(-c3cc4occc4s3)cc2o1. The summed E-state index contributed by atoms with van der Waals surface area (Å²) in [6.45, 7) is 0. The Labute approximate surface area is 98.7 Å². The Morgan fingerprint density at radius 2 is 1.25 bits per heavy atom. The first kappa shape index (κ1) is 8.61. The summed E-state index contributed by atoms with van der Waals surface area (Å²) < 4.78 is 13.1. The smallest absolute Gasteiger partial charge is 0.145 e. The van der Waals surface area contributed by atoms with Crippen molar-refractivity contribution in [3.63, 3.8) is 0 Å². The Morgan fingerprint density at radius 1 is 0.750 bits per heavy atom. The van der Waals surface area contributed by atoms with Crippen LogP contribution in [0.2, 0.25) is 0 Å². The number of thiophene rings is 2. The van der Waals surface area contributed by atoms with Crippen molar-refractivity contribution >= 4 is 43.2 Å². The molecule has 0 aliphatic carbocycles. The maximum absolute atomic E-state index is 5.37. The van der Waals surface area contributed by atoms with E-state index in [9.17, 15) is 0 Å². The van der Waals surface area contributed by atoms with E-state index < -0.39 is 0 Å². The zero-order valence-corrected chi connectivity index (χ0v) is 9.73. The summed E-state index contributed by atoms with van der Waals surface area (Å²) >= 11 is 3.50. The van der Waals surface area contributed by atoms with Gasteiger partial charge in [0.25, 0.3) is 0 Å². The Balaban J connectivity index is 1.96. The molecule has 0 atom stereocenters. The molecule has 78 valence electrons. The third-order valence-corrected chi connectivity index (χ3v) is 4.88. The lowest BCUT2D eigenvalue weighted by Crippen LogP contribution is -1.57. The summed E-state index contributed by atoms with van der Waals surface area (Å²) in [7, 11) is 0. The average Bonchev–Trinajstić information content (AvgIpc) is 2.94. The molecule has 4 rings (SSSR count). The molecular formula is C12H6O2S2. The van der Waals surface area contributed by atoms with Crippen LogP contribution in [-0.2, 0) is 0 Å². The molecule has 0 saturated carbocycles. The first-order valence-corrected chi connectivity index (χ1v) is 6.48. The summed E-state index contributed by atoms with van der Waals surface area (Å²) in [6.07, 6.45) is 3.45. The maximum Gasteiger partial charge on any atom is 0.145 e. The molecular weight excluding hydrogens is 240 g/mol. The molecule has 0 saturated heterocycles. The molecule has 4 aromatic heterocycles. The van der Waals surface area contributed by atoms with Crippen LogP contribution in [0.25, 0.3) is 30.3 Å². The lowest BCUT2D eigenvalue weighted by Gasteiger charge is -1.86. The summed E-state index contributed by atoms with van der Waals surface area (Å²) in [4.78, 5) is 2.48. The molecule has 0 spiro atoms. The zero-order valence-electron chi connectivity index (χ0n) is 8.10. The topological polar surface area (TPSA) is 26.3 Å². The van der Waals surface area contributed by atoms with Gasteiger partial charge in [-0.25, -0.2) is 0 Å². The van der Waals surface area contributed by atoms with Crippen molar-refractivity contribution in [3.05, 3.63) is 36.8 Å². The molecule has 0 fully saturated rings. The highest BCUT2D eigenvalue weighted by molar-refractivity contribution is 7.28. The fourth-order valence-corrected chi connectivity index (χ4v) is 3.81. The van der Waals surface area contributed by atoms with Crippen molar-refractivity contribution in [3.8, 4) is 9.75 Å². The van der Waals surface area contributed by atoms with Gasteiger partial charge in [0.2, 0.25) is 0 Å². The molecule has 0 bridgehead atoms. The summed E-state index contributed by atoms with van der Waals surface area (Å²) in [6, 6.07) is 8.18. The second-order valence-electron chi connectivity index (χ2n) is 3.52. The molecule has 4 heteroatoms. The standard InChI is InChI=1S/C12H6O2S2/c1-3-13-7-5-11(15-9(1)7)12-6-8-10(16-12)2-4-14-8/h1-6H. The molecule has 0 aromatic carbocycles. The lowest BCUT2D eigenvalue weighted by molar-refractivity contribution is 0.616. The van der Waals surface area contributed by atoms with Crippen LogP contribution in [0.5, 0.6) is 0 Å². The molecule has 4 aromatic rings. The normalized spacial score (nSPS) is 11.8. The molecule has 0 N–H and O–H groups in total. The molecule has 0 unspecified atom stereocenters. The Hall–Kier alpha value is -1.52. The second-order valence-corrected chi connectivity index (χ2v) is 5.69. The molecule has 16 heavy (non-hydrogen) atoms. The Morgan fingerprint density at radius 3 is 1.69 bits per heavy atom. The highest BCUT2D eigenvalue weighted by Gasteiger charge is 2.10. The van der Waals surface area contributed by atoms with Gasteiger partial charge in [-0.2, -0.15) is 0 Å². The summed E-state index contributed by atoms with van der Waals surface area (Å²) in [5, 5.41) is 0. The maximum atomic E-state index is 5.37. The van der Waals surface area contributed by atoms with Crippen molar-refractivity contribution < 1.29 is 8.83 Å². The van der Waals surface area contributed by atoms with E-state index in [0.29, 0.717) is 0 Å². The van der Waals surface area contributed by atoms with Crippen molar-refractivity contribution in [2.24, 2.45) is 0 Å². The summed E-state index contributed by atoms with van der Waals surface area (Å²) in [5.74, 6) is 0. The van der Waals surface area contributed by atoms with Crippen molar-refractivity contribution in [2.45, 2.75) is 0 Å². The van der Waals surface area contributed by atoms with Gasteiger partial charge in [0, 0.05) is 21.9 Å². The van der Waals surface area contributed by atoms with Crippen LogP contribution in [0.15, 0.2) is 45.6 Å². The van der Waals surface area contributed by atoms with Crippen LogP contribution < -0.4 is 0 Å². The fraction of sp³-hybridized carbons (Fsp3) is 0. The van der Waals surface area contributed by atoms with E-state index in [1.165, 1.54) is 19.2 Å². The number of rotatable bonds is 1. The molecule has 4 heterocycles. The van der Waals surface area contributed by atoms with Gasteiger partial charge in [-0.05, 0) is 12.1 Å². The van der Waals surface area contributed by atoms with Gasteiger partial charge < -0.3 is 8.83 Å². The van der Waals surface area contributed by atoms with E-state index in [2.05, 4.69) is 12.1 Å². The monoisotopic (exact) mass is 246 g/mol. The number of fused-ring (bicyclic) bond motifs is 2. The minimum absolute atomic E-state index is 0.963. The Kier molecular flexibility index (Phi) is 1.61. The molecule has 0 radical (unpaired) electrons. The third kappa shape index (κ3) is 1.11. The quantitative estimate of drug-likeness (QED) is 0.474. The van der Waals surface area contributed by atoms with Gasteiger partial charge in [0.1, 0.15) is 11.2 Å². The second kappa shape index (κ2) is 2.99. The highest BCUT2D eigenvalue weighted by Crippen LogP contribution is 2.40. The van der Waals surface area contributed by atoms with E-state index in [4.69, 9.17) is 8.83 Å². The van der Waals surface area contributed by atoms with Crippen LogP contribution in [0.1, 0.15) is 0 Å². The van der Waals surface area contributed by atoms with Gasteiger partial charge in [0.05, 0.1) is 21.9 Å². The lowest BCUT2D eigenvalue weighted by atomic mass is 10.3. The van der Waals surface area contributed by atoms with E-state index in [1.807, 2.05) is 12.1 Å². The predicted molar refractivity (Wildman–Crippen MR) is 67.2 cm³/mol. The van der Waals surface area contributed by atoms with E-state index in [0.717, 1.165) is 11.2 Å².